The Hall–Kier alpha value is -1.55. The van der Waals surface area contributed by atoms with Crippen molar-refractivity contribution in [2.75, 3.05) is 13.7 Å². The van der Waals surface area contributed by atoms with Crippen LogP contribution in [0.1, 0.15) is 51.2 Å². The van der Waals surface area contributed by atoms with E-state index in [0.717, 1.165) is 6.42 Å². The highest BCUT2D eigenvalue weighted by molar-refractivity contribution is 5.82. The van der Waals surface area contributed by atoms with Gasteiger partial charge in [0.1, 0.15) is 5.75 Å². The SMILES string of the molecule is COc1ccc([C@@H](O)C(=O)NCC2(CC(C)C)CCC2)cc1. The molecule has 4 heteroatoms. The molecule has 0 spiro atoms. The van der Waals surface area contributed by atoms with Gasteiger partial charge in [0.2, 0.25) is 0 Å². The summed E-state index contributed by atoms with van der Waals surface area (Å²) in [5.41, 5.74) is 0.827. The molecule has 0 unspecified atom stereocenters. The van der Waals surface area contributed by atoms with Gasteiger partial charge in [0, 0.05) is 6.54 Å². The third kappa shape index (κ3) is 4.01. The third-order valence-electron chi connectivity index (χ3n) is 4.57. The first-order valence-electron chi connectivity index (χ1n) is 8.05. The highest BCUT2D eigenvalue weighted by Gasteiger charge is 2.37. The van der Waals surface area contributed by atoms with Gasteiger partial charge < -0.3 is 15.2 Å². The Labute approximate surface area is 132 Å². The normalized spacial score (nSPS) is 17.7. The van der Waals surface area contributed by atoms with Crippen LogP contribution in [0.15, 0.2) is 24.3 Å². The Morgan fingerprint density at radius 1 is 1.32 bits per heavy atom. The predicted molar refractivity (Wildman–Crippen MR) is 86.7 cm³/mol. The van der Waals surface area contributed by atoms with Gasteiger partial charge in [0.15, 0.2) is 6.10 Å². The molecule has 0 aliphatic heterocycles. The minimum atomic E-state index is -1.12. The highest BCUT2D eigenvalue weighted by atomic mass is 16.5. The lowest BCUT2D eigenvalue weighted by molar-refractivity contribution is -0.130. The van der Waals surface area contributed by atoms with E-state index in [0.29, 0.717) is 23.8 Å². The number of amides is 1. The second-order valence-electron chi connectivity index (χ2n) is 6.85. The number of hydrogen-bond donors (Lipinski definition) is 2. The summed E-state index contributed by atoms with van der Waals surface area (Å²) in [4.78, 5) is 12.2. The lowest BCUT2D eigenvalue weighted by Crippen LogP contribution is -2.44. The van der Waals surface area contributed by atoms with Crippen molar-refractivity contribution in [3.05, 3.63) is 29.8 Å². The molecule has 1 atom stereocenters. The third-order valence-corrected chi connectivity index (χ3v) is 4.57. The smallest absolute Gasteiger partial charge is 0.253 e. The van der Waals surface area contributed by atoms with E-state index in [4.69, 9.17) is 4.74 Å². The first-order valence-corrected chi connectivity index (χ1v) is 8.05. The molecule has 1 aromatic carbocycles. The van der Waals surface area contributed by atoms with Gasteiger partial charge in [0.05, 0.1) is 7.11 Å². The Morgan fingerprint density at radius 3 is 2.41 bits per heavy atom. The van der Waals surface area contributed by atoms with Gasteiger partial charge in [-0.1, -0.05) is 32.4 Å². The second-order valence-corrected chi connectivity index (χ2v) is 6.85. The van der Waals surface area contributed by atoms with Gasteiger partial charge >= 0.3 is 0 Å². The maximum Gasteiger partial charge on any atom is 0.253 e. The topological polar surface area (TPSA) is 58.6 Å². The number of carbonyl (C=O) groups excluding carboxylic acids is 1. The maximum atomic E-state index is 12.2. The zero-order valence-electron chi connectivity index (χ0n) is 13.8. The van der Waals surface area contributed by atoms with Crippen LogP contribution in [-0.2, 0) is 4.79 Å². The van der Waals surface area contributed by atoms with Crippen molar-refractivity contribution in [2.45, 2.75) is 45.6 Å². The Morgan fingerprint density at radius 2 is 1.95 bits per heavy atom. The molecule has 1 aliphatic carbocycles. The summed E-state index contributed by atoms with van der Waals surface area (Å²) >= 11 is 0. The zero-order valence-corrected chi connectivity index (χ0v) is 13.8. The Bertz CT molecular complexity index is 492. The molecule has 22 heavy (non-hydrogen) atoms. The molecule has 0 saturated heterocycles. The van der Waals surface area contributed by atoms with Crippen LogP contribution >= 0.6 is 0 Å². The molecule has 1 saturated carbocycles. The summed E-state index contributed by atoms with van der Waals surface area (Å²) in [6.45, 7) is 5.10. The van der Waals surface area contributed by atoms with Crippen molar-refractivity contribution in [1.29, 1.82) is 0 Å². The maximum absolute atomic E-state index is 12.2. The number of ether oxygens (including phenoxy) is 1. The van der Waals surface area contributed by atoms with Crippen LogP contribution in [0.4, 0.5) is 0 Å². The van der Waals surface area contributed by atoms with Gasteiger partial charge in [-0.3, -0.25) is 4.79 Å². The molecular weight excluding hydrogens is 278 g/mol. The van der Waals surface area contributed by atoms with E-state index in [9.17, 15) is 9.90 Å². The Kier molecular flexibility index (Phi) is 5.46. The molecule has 0 radical (unpaired) electrons. The first kappa shape index (κ1) is 16.8. The molecule has 0 aromatic heterocycles. The van der Waals surface area contributed by atoms with Crippen molar-refractivity contribution in [1.82, 2.24) is 5.32 Å². The van der Waals surface area contributed by atoms with E-state index < -0.39 is 6.10 Å². The summed E-state index contributed by atoms with van der Waals surface area (Å²) in [6.07, 6.45) is 3.59. The number of methoxy groups -OCH3 is 1. The fourth-order valence-electron chi connectivity index (χ4n) is 3.30. The number of aliphatic hydroxyl groups excluding tert-OH is 1. The monoisotopic (exact) mass is 305 g/mol. The zero-order chi connectivity index (χ0) is 16.2. The molecule has 2 rings (SSSR count). The van der Waals surface area contributed by atoms with Gasteiger partial charge in [-0.25, -0.2) is 0 Å². The van der Waals surface area contributed by atoms with Crippen LogP contribution in [0, 0.1) is 11.3 Å². The van der Waals surface area contributed by atoms with Crippen LogP contribution in [0.5, 0.6) is 5.75 Å². The van der Waals surface area contributed by atoms with E-state index in [-0.39, 0.29) is 11.3 Å². The van der Waals surface area contributed by atoms with Crippen molar-refractivity contribution < 1.29 is 14.6 Å². The minimum absolute atomic E-state index is 0.240. The van der Waals surface area contributed by atoms with Gasteiger partial charge in [-0.2, -0.15) is 0 Å². The standard InChI is InChI=1S/C18H27NO3/c1-13(2)11-18(9-4-10-18)12-19-17(21)16(20)14-5-7-15(22-3)8-6-14/h5-8,13,16,20H,4,9-12H2,1-3H3,(H,19,21)/t16-/m1/s1. The molecule has 4 nitrogen and oxygen atoms in total. The summed E-state index contributed by atoms with van der Waals surface area (Å²) in [5.74, 6) is 1.02. The van der Waals surface area contributed by atoms with Crippen LogP contribution in [0.2, 0.25) is 0 Å². The number of aliphatic hydroxyl groups is 1. The molecule has 1 fully saturated rings. The average Bonchev–Trinajstić information content (AvgIpc) is 2.48. The van der Waals surface area contributed by atoms with Gasteiger partial charge in [-0.15, -0.1) is 0 Å². The predicted octanol–water partition coefficient (Wildman–Crippen LogP) is 3.06. The van der Waals surface area contributed by atoms with Crippen molar-refractivity contribution in [3.63, 3.8) is 0 Å². The largest absolute Gasteiger partial charge is 0.497 e. The highest BCUT2D eigenvalue weighted by Crippen LogP contribution is 2.45. The second kappa shape index (κ2) is 7.14. The summed E-state index contributed by atoms with van der Waals surface area (Å²) in [7, 11) is 1.59. The number of benzene rings is 1. The lowest BCUT2D eigenvalue weighted by Gasteiger charge is -2.43. The molecule has 1 amide bonds. The fourth-order valence-corrected chi connectivity index (χ4v) is 3.30. The van der Waals surface area contributed by atoms with E-state index in [1.54, 1.807) is 31.4 Å². The number of rotatable bonds is 7. The first-order chi connectivity index (χ1) is 10.5. The Balaban J connectivity index is 1.90. The van der Waals surface area contributed by atoms with E-state index in [1.165, 1.54) is 19.3 Å². The van der Waals surface area contributed by atoms with Crippen LogP contribution in [0.3, 0.4) is 0 Å². The number of nitrogens with one attached hydrogen (secondary N) is 1. The summed E-state index contributed by atoms with van der Waals surface area (Å²) < 4.78 is 5.08. The average molecular weight is 305 g/mol. The molecule has 2 N–H and O–H groups in total. The van der Waals surface area contributed by atoms with Crippen LogP contribution in [0.25, 0.3) is 0 Å². The molecule has 1 aromatic rings. The van der Waals surface area contributed by atoms with Gasteiger partial charge in [0.25, 0.3) is 5.91 Å². The molecule has 122 valence electrons. The molecular formula is C18H27NO3. The van der Waals surface area contributed by atoms with E-state index in [1.807, 2.05) is 0 Å². The van der Waals surface area contributed by atoms with E-state index in [2.05, 4.69) is 19.2 Å². The fraction of sp³-hybridized carbons (Fsp3) is 0.611. The van der Waals surface area contributed by atoms with E-state index >= 15 is 0 Å². The molecule has 1 aliphatic rings. The van der Waals surface area contributed by atoms with Crippen molar-refractivity contribution in [3.8, 4) is 5.75 Å². The van der Waals surface area contributed by atoms with Crippen LogP contribution < -0.4 is 10.1 Å². The van der Waals surface area contributed by atoms with Gasteiger partial charge in [-0.05, 0) is 48.3 Å². The summed E-state index contributed by atoms with van der Waals surface area (Å²) in [5, 5.41) is 13.1. The van der Waals surface area contributed by atoms with Crippen molar-refractivity contribution in [2.24, 2.45) is 11.3 Å². The lowest BCUT2D eigenvalue weighted by atomic mass is 9.64. The van der Waals surface area contributed by atoms with Crippen molar-refractivity contribution >= 4 is 5.91 Å². The van der Waals surface area contributed by atoms with Crippen LogP contribution in [-0.4, -0.2) is 24.7 Å². The minimum Gasteiger partial charge on any atom is -0.497 e. The number of carbonyl (C=O) groups is 1. The quantitative estimate of drug-likeness (QED) is 0.814. The number of hydrogen-bond acceptors (Lipinski definition) is 3. The molecule has 0 bridgehead atoms. The molecule has 0 heterocycles. The summed E-state index contributed by atoms with van der Waals surface area (Å²) in [6, 6.07) is 6.93.